The van der Waals surface area contributed by atoms with Crippen molar-refractivity contribution >= 4 is 24.1 Å². The third kappa shape index (κ3) is 2.91. The van der Waals surface area contributed by atoms with Crippen LogP contribution in [-0.2, 0) is 0 Å². The van der Waals surface area contributed by atoms with Crippen molar-refractivity contribution in [3.05, 3.63) is 30.1 Å². The van der Waals surface area contributed by atoms with Gasteiger partial charge in [-0.25, -0.2) is 9.18 Å². The van der Waals surface area contributed by atoms with Crippen molar-refractivity contribution in [2.45, 2.75) is 0 Å². The lowest BCUT2D eigenvalue weighted by molar-refractivity contribution is 0.255. The first-order valence-corrected chi connectivity index (χ1v) is 3.40. The Morgan fingerprint density at radius 1 is 1.38 bits per heavy atom. The molecule has 1 aromatic rings. The molecule has 0 aliphatic heterocycles. The largest absolute Gasteiger partial charge is 0.351 e. The number of nitrogens with zero attached hydrogens (tertiary/aromatic N) is 1. The zero-order valence-corrected chi connectivity index (χ0v) is 7.84. The number of carbonyl (C=O) groups excluding carboxylic acids is 1. The van der Waals surface area contributed by atoms with Crippen molar-refractivity contribution < 1.29 is 9.18 Å². The first kappa shape index (κ1) is 11.7. The molecule has 0 saturated heterocycles. The Kier molecular flexibility index (Phi) is 4.20. The monoisotopic (exact) mass is 204 g/mol. The molecule has 1 aromatic carbocycles. The Balaban J connectivity index is 0.00000144. The maximum atomic E-state index is 12.4. The van der Waals surface area contributed by atoms with Crippen LogP contribution in [0.25, 0.3) is 0 Å². The molecule has 5 heteroatoms. The molecule has 72 valence electrons. The minimum absolute atomic E-state index is 0. The predicted molar refractivity (Wildman–Crippen MR) is 51.6 cm³/mol. The second-order valence-electron chi connectivity index (χ2n) is 2.37. The molecule has 3 nitrogen and oxygen atoms in total. The summed E-state index contributed by atoms with van der Waals surface area (Å²) >= 11 is 0. The van der Waals surface area contributed by atoms with E-state index in [1.165, 1.54) is 36.2 Å². The minimum Gasteiger partial charge on any atom is -0.351 e. The summed E-state index contributed by atoms with van der Waals surface area (Å²) in [4.78, 5) is 11.9. The first-order chi connectivity index (χ1) is 5.61. The van der Waals surface area contributed by atoms with E-state index in [4.69, 9.17) is 5.73 Å². The summed E-state index contributed by atoms with van der Waals surface area (Å²) < 4.78 is 12.4. The fourth-order valence-electron chi connectivity index (χ4n) is 0.792. The van der Waals surface area contributed by atoms with E-state index >= 15 is 0 Å². The lowest BCUT2D eigenvalue weighted by Gasteiger charge is -2.13. The summed E-state index contributed by atoms with van der Waals surface area (Å²) in [5.41, 5.74) is 5.57. The molecule has 13 heavy (non-hydrogen) atoms. The number of halogens is 2. The van der Waals surface area contributed by atoms with Crippen molar-refractivity contribution in [2.75, 3.05) is 11.9 Å². The normalized spacial score (nSPS) is 8.77. The molecule has 0 radical (unpaired) electrons. The van der Waals surface area contributed by atoms with Gasteiger partial charge in [-0.1, -0.05) is 0 Å². The van der Waals surface area contributed by atoms with Gasteiger partial charge >= 0.3 is 6.03 Å². The first-order valence-electron chi connectivity index (χ1n) is 3.40. The second kappa shape index (κ2) is 4.67. The van der Waals surface area contributed by atoms with E-state index < -0.39 is 6.03 Å². The fourth-order valence-corrected chi connectivity index (χ4v) is 0.792. The van der Waals surface area contributed by atoms with Gasteiger partial charge in [0.05, 0.1) is 0 Å². The number of carbonyl (C=O) groups is 1. The Hall–Kier alpha value is -1.29. The van der Waals surface area contributed by atoms with Crippen molar-refractivity contribution in [1.82, 2.24) is 0 Å². The zero-order chi connectivity index (χ0) is 9.14. The zero-order valence-electron chi connectivity index (χ0n) is 7.03. The third-order valence-corrected chi connectivity index (χ3v) is 1.54. The fraction of sp³-hybridized carbons (Fsp3) is 0.125. The molecular formula is C8H10ClFN2O. The molecule has 0 bridgehead atoms. The number of rotatable bonds is 1. The highest BCUT2D eigenvalue weighted by Crippen LogP contribution is 2.12. The van der Waals surface area contributed by atoms with Crippen LogP contribution in [0.4, 0.5) is 14.9 Å². The van der Waals surface area contributed by atoms with Crippen molar-refractivity contribution in [3.63, 3.8) is 0 Å². The van der Waals surface area contributed by atoms with E-state index in [0.29, 0.717) is 5.69 Å². The van der Waals surface area contributed by atoms with E-state index in [2.05, 4.69) is 0 Å². The van der Waals surface area contributed by atoms with Gasteiger partial charge in [-0.2, -0.15) is 0 Å². The second-order valence-corrected chi connectivity index (χ2v) is 2.37. The number of benzene rings is 1. The summed E-state index contributed by atoms with van der Waals surface area (Å²) in [5, 5.41) is 0. The minimum atomic E-state index is -0.568. The van der Waals surface area contributed by atoms with E-state index in [0.717, 1.165) is 0 Å². The number of primary amides is 1. The maximum absolute atomic E-state index is 12.4. The van der Waals surface area contributed by atoms with Crippen LogP contribution >= 0.6 is 12.4 Å². The van der Waals surface area contributed by atoms with Gasteiger partial charge in [-0.15, -0.1) is 12.4 Å². The van der Waals surface area contributed by atoms with Crippen LogP contribution in [-0.4, -0.2) is 13.1 Å². The van der Waals surface area contributed by atoms with Gasteiger partial charge in [0.2, 0.25) is 0 Å². The summed E-state index contributed by atoms with van der Waals surface area (Å²) in [6.45, 7) is 0. The van der Waals surface area contributed by atoms with Gasteiger partial charge in [0, 0.05) is 12.7 Å². The Bertz CT molecular complexity index is 289. The molecule has 0 fully saturated rings. The number of hydrogen-bond donors (Lipinski definition) is 1. The Morgan fingerprint density at radius 3 is 2.23 bits per heavy atom. The number of amides is 2. The van der Waals surface area contributed by atoms with E-state index in [1.54, 1.807) is 0 Å². The molecule has 0 saturated carbocycles. The van der Waals surface area contributed by atoms with Crippen LogP contribution in [0.3, 0.4) is 0 Å². The van der Waals surface area contributed by atoms with Gasteiger partial charge in [0.15, 0.2) is 0 Å². The smallest absolute Gasteiger partial charge is 0.318 e. The average Bonchev–Trinajstić information content (AvgIpc) is 2.04. The predicted octanol–water partition coefficient (Wildman–Crippen LogP) is 1.76. The van der Waals surface area contributed by atoms with Crippen LogP contribution in [0.5, 0.6) is 0 Å². The van der Waals surface area contributed by atoms with E-state index in [9.17, 15) is 9.18 Å². The summed E-state index contributed by atoms with van der Waals surface area (Å²) in [6.07, 6.45) is 0. The molecule has 0 atom stereocenters. The van der Waals surface area contributed by atoms with Crippen molar-refractivity contribution in [2.24, 2.45) is 5.73 Å². The molecular weight excluding hydrogens is 195 g/mol. The highest BCUT2D eigenvalue weighted by atomic mass is 35.5. The van der Waals surface area contributed by atoms with Crippen LogP contribution in [0, 0.1) is 5.82 Å². The Labute approximate surface area is 81.7 Å². The molecule has 0 spiro atoms. The molecule has 0 heterocycles. The number of urea groups is 1. The third-order valence-electron chi connectivity index (χ3n) is 1.54. The number of hydrogen-bond acceptors (Lipinski definition) is 1. The van der Waals surface area contributed by atoms with Gasteiger partial charge in [-0.05, 0) is 24.3 Å². The quantitative estimate of drug-likeness (QED) is 0.745. The molecule has 2 amide bonds. The summed E-state index contributed by atoms with van der Waals surface area (Å²) in [6, 6.07) is 4.95. The highest BCUT2D eigenvalue weighted by Gasteiger charge is 2.04. The van der Waals surface area contributed by atoms with Crippen LogP contribution in [0.1, 0.15) is 0 Å². The van der Waals surface area contributed by atoms with Crippen LogP contribution in [0.2, 0.25) is 0 Å². The van der Waals surface area contributed by atoms with Crippen molar-refractivity contribution in [3.8, 4) is 0 Å². The van der Waals surface area contributed by atoms with Gasteiger partial charge in [0.25, 0.3) is 0 Å². The summed E-state index contributed by atoms with van der Waals surface area (Å²) in [7, 11) is 1.52. The molecule has 1 rings (SSSR count). The molecule has 2 N–H and O–H groups in total. The van der Waals surface area contributed by atoms with Crippen LogP contribution < -0.4 is 10.6 Å². The van der Waals surface area contributed by atoms with E-state index in [1.807, 2.05) is 0 Å². The number of nitrogens with two attached hydrogens (primary N) is 1. The highest BCUT2D eigenvalue weighted by molar-refractivity contribution is 5.89. The van der Waals surface area contributed by atoms with Crippen LogP contribution in [0.15, 0.2) is 24.3 Å². The SMILES string of the molecule is CN(C(N)=O)c1ccc(F)cc1.Cl. The molecule has 0 unspecified atom stereocenters. The summed E-state index contributed by atoms with van der Waals surface area (Å²) in [5.74, 6) is -0.336. The topological polar surface area (TPSA) is 46.3 Å². The van der Waals surface area contributed by atoms with E-state index in [-0.39, 0.29) is 18.2 Å². The number of anilines is 1. The van der Waals surface area contributed by atoms with Crippen molar-refractivity contribution in [1.29, 1.82) is 0 Å². The van der Waals surface area contributed by atoms with Gasteiger partial charge in [0.1, 0.15) is 5.82 Å². The van der Waals surface area contributed by atoms with Gasteiger partial charge < -0.3 is 5.73 Å². The molecule has 0 aliphatic carbocycles. The average molecular weight is 205 g/mol. The molecule has 0 aliphatic rings. The van der Waals surface area contributed by atoms with Gasteiger partial charge in [-0.3, -0.25) is 4.90 Å². The lowest BCUT2D eigenvalue weighted by atomic mass is 10.3. The maximum Gasteiger partial charge on any atom is 0.318 e. The molecule has 0 aromatic heterocycles. The lowest BCUT2D eigenvalue weighted by Crippen LogP contribution is -2.31. The standard InChI is InChI=1S/C8H9FN2O.ClH/c1-11(8(10)12)7-4-2-6(9)3-5-7;/h2-5H,1H3,(H2,10,12);1H. The Morgan fingerprint density at radius 2 is 1.85 bits per heavy atom.